The maximum absolute atomic E-state index is 2.67. The van der Waals surface area contributed by atoms with Gasteiger partial charge in [-0.05, 0) is 176 Å². The quantitative estimate of drug-likeness (QED) is 0.150. The highest BCUT2D eigenvalue weighted by molar-refractivity contribution is 7.20. The topological polar surface area (TPSA) is 3.24 Å². The van der Waals surface area contributed by atoms with Gasteiger partial charge in [0.15, 0.2) is 0 Å². The number of hydrogen-bond donors (Lipinski definition) is 0. The zero-order valence-electron chi connectivity index (χ0n) is 37.5. The van der Waals surface area contributed by atoms with Crippen LogP contribution in [-0.2, 0) is 11.8 Å². The fourth-order valence-electron chi connectivity index (χ4n) is 12.5. The molecule has 2 heterocycles. The number of allylic oxidation sites excluding steroid dienone is 13. The molecule has 0 saturated heterocycles. The molecule has 14 rings (SSSR count). The van der Waals surface area contributed by atoms with Crippen molar-refractivity contribution in [3.05, 3.63) is 239 Å². The summed E-state index contributed by atoms with van der Waals surface area (Å²) in [6.07, 6.45) is 38.3. The van der Waals surface area contributed by atoms with Crippen LogP contribution in [0.2, 0.25) is 0 Å². The second-order valence-electron chi connectivity index (χ2n) is 19.3. The van der Waals surface area contributed by atoms with Crippen LogP contribution < -0.4 is 4.90 Å². The first-order valence-electron chi connectivity index (χ1n) is 24.3. The number of thiophene rings is 1. The lowest BCUT2D eigenvalue weighted by molar-refractivity contribution is 0.740. The summed E-state index contributed by atoms with van der Waals surface area (Å²) in [5.74, 6) is 0. The minimum absolute atomic E-state index is 0.0543. The van der Waals surface area contributed by atoms with Gasteiger partial charge < -0.3 is 4.90 Å². The predicted molar refractivity (Wildman–Crippen MR) is 287 cm³/mol. The van der Waals surface area contributed by atoms with Gasteiger partial charge in [-0.2, -0.15) is 0 Å². The van der Waals surface area contributed by atoms with Gasteiger partial charge in [0.1, 0.15) is 0 Å². The zero-order chi connectivity index (χ0) is 44.1. The van der Waals surface area contributed by atoms with E-state index in [4.69, 9.17) is 0 Å². The molecular weight excluding hydrogens is 827 g/mol. The van der Waals surface area contributed by atoms with E-state index in [2.05, 4.69) is 217 Å². The molecule has 6 aliphatic rings. The van der Waals surface area contributed by atoms with Crippen molar-refractivity contribution in [2.45, 2.75) is 55.9 Å². The van der Waals surface area contributed by atoms with Crippen molar-refractivity contribution in [3.8, 4) is 33.4 Å². The fourth-order valence-corrected chi connectivity index (χ4v) is 13.8. The molecule has 320 valence electrons. The monoisotopic (exact) mass is 875 g/mol. The average Bonchev–Trinajstić information content (AvgIpc) is 4.04. The Bertz CT molecular complexity index is 3600. The highest BCUT2D eigenvalue weighted by atomic mass is 32.1. The molecule has 7 aromatic carbocycles. The normalized spacial score (nSPS) is 21.1. The third-order valence-corrected chi connectivity index (χ3v) is 17.0. The number of rotatable bonds is 6. The molecule has 1 saturated carbocycles. The molecular formula is C65H49NS. The van der Waals surface area contributed by atoms with Crippen LogP contribution in [0.1, 0.15) is 60.1 Å². The Morgan fingerprint density at radius 2 is 1.25 bits per heavy atom. The van der Waals surface area contributed by atoms with E-state index in [0.29, 0.717) is 0 Å². The minimum Gasteiger partial charge on any atom is -0.330 e. The first-order valence-corrected chi connectivity index (χ1v) is 25.1. The third-order valence-electron chi connectivity index (χ3n) is 15.8. The summed E-state index contributed by atoms with van der Waals surface area (Å²) in [6.45, 7) is 0. The number of nitrogens with zero attached hydrogens (tertiary/aromatic N) is 1. The fraction of sp³-hybridized carbons (Fsp3) is 0.138. The molecule has 67 heavy (non-hydrogen) atoms. The van der Waals surface area contributed by atoms with Crippen LogP contribution in [0.4, 0.5) is 11.4 Å². The summed E-state index contributed by atoms with van der Waals surface area (Å²) in [5, 5.41) is 6.56. The van der Waals surface area contributed by atoms with Crippen molar-refractivity contribution in [3.63, 3.8) is 0 Å². The van der Waals surface area contributed by atoms with Crippen LogP contribution in [0.3, 0.4) is 0 Å². The van der Waals surface area contributed by atoms with Gasteiger partial charge in [-0.15, -0.1) is 11.3 Å². The van der Waals surface area contributed by atoms with Gasteiger partial charge in [0, 0.05) is 31.9 Å². The lowest BCUT2D eigenvalue weighted by atomic mass is 9.86. The van der Waals surface area contributed by atoms with Crippen molar-refractivity contribution < 1.29 is 0 Å². The standard InChI is InChI=1S/C65H49NS/c1-2-6-18-43(17-5-1)45-29-34-51-57-40-49(44-19-7-3-8-20-44)39-56(63(57)67-60(51)36-31-45)48-30-35-59-58(41-48)64-37-15-16-38-65(64,42-64)66(59)50-32-27-47(28-33-50)62-54-25-13-11-23-52(54)61(46-21-9-4-10-22-46)53-24-12-14-26-55(53)62/h1-2,4-5,9-19,21-33,35-41H,3,6-8,20,34,42H2. The summed E-state index contributed by atoms with van der Waals surface area (Å²) in [5.41, 5.74) is 18.7. The molecule has 1 nitrogen and oxygen atoms in total. The Labute approximate surface area is 397 Å². The molecule has 0 bridgehead atoms. The van der Waals surface area contributed by atoms with Gasteiger partial charge in [-0.1, -0.05) is 170 Å². The van der Waals surface area contributed by atoms with Crippen molar-refractivity contribution in [2.24, 2.45) is 0 Å². The summed E-state index contributed by atoms with van der Waals surface area (Å²) in [6, 6.07) is 50.9. The smallest absolute Gasteiger partial charge is 0.0782 e. The Morgan fingerprint density at radius 3 is 2.01 bits per heavy atom. The van der Waals surface area contributed by atoms with Gasteiger partial charge in [-0.25, -0.2) is 0 Å². The summed E-state index contributed by atoms with van der Waals surface area (Å²) in [7, 11) is 0. The zero-order valence-corrected chi connectivity index (χ0v) is 38.3. The lowest BCUT2D eigenvalue weighted by Gasteiger charge is -2.30. The molecule has 0 amide bonds. The van der Waals surface area contributed by atoms with Crippen LogP contribution in [0, 0.1) is 0 Å². The third kappa shape index (κ3) is 5.92. The highest BCUT2D eigenvalue weighted by Gasteiger charge is 2.74. The van der Waals surface area contributed by atoms with Crippen molar-refractivity contribution in [2.75, 3.05) is 4.90 Å². The van der Waals surface area contributed by atoms with E-state index in [1.54, 1.807) is 0 Å². The van der Waals surface area contributed by atoms with E-state index >= 15 is 0 Å². The van der Waals surface area contributed by atoms with E-state index in [1.165, 1.54) is 134 Å². The molecule has 0 N–H and O–H groups in total. The van der Waals surface area contributed by atoms with Crippen LogP contribution >= 0.6 is 11.3 Å². The number of anilines is 2. The Hall–Kier alpha value is -7.26. The molecule has 0 radical (unpaired) electrons. The molecule has 2 unspecified atom stereocenters. The van der Waals surface area contributed by atoms with E-state index in [9.17, 15) is 0 Å². The Balaban J connectivity index is 0.881. The molecule has 1 fully saturated rings. The molecule has 2 heteroatoms. The van der Waals surface area contributed by atoms with Crippen LogP contribution in [-0.4, -0.2) is 5.54 Å². The van der Waals surface area contributed by atoms with Crippen LogP contribution in [0.25, 0.3) is 76.7 Å². The van der Waals surface area contributed by atoms with Gasteiger partial charge in [0.2, 0.25) is 0 Å². The van der Waals surface area contributed by atoms with Crippen LogP contribution in [0.5, 0.6) is 0 Å². The first kappa shape index (κ1) is 39.0. The number of fused-ring (bicyclic) bond motifs is 6. The van der Waals surface area contributed by atoms with Gasteiger partial charge >= 0.3 is 0 Å². The SMILES string of the molecule is C1=CCC=C(C2=CCc3c(sc4c(-c5ccc6c(c5)C57C=CC=CC5(C7)N6c5ccc(-c6c7ccccc7c(-c7ccccc7)c7ccccc67)cc5)cc(C5=CCCCC5)cc34)C=C2)C=C1. The molecule has 2 atom stereocenters. The number of hydrogen-bond acceptors (Lipinski definition) is 2. The summed E-state index contributed by atoms with van der Waals surface area (Å²) >= 11 is 1.98. The van der Waals surface area contributed by atoms with Gasteiger partial charge in [-0.3, -0.25) is 0 Å². The maximum atomic E-state index is 2.67. The largest absolute Gasteiger partial charge is 0.330 e. The number of benzene rings is 7. The Kier molecular flexibility index (Phi) is 8.80. The van der Waals surface area contributed by atoms with E-state index in [0.717, 1.165) is 25.7 Å². The van der Waals surface area contributed by atoms with E-state index in [1.807, 2.05) is 11.3 Å². The lowest BCUT2D eigenvalue weighted by Crippen LogP contribution is -2.33. The molecule has 8 aromatic rings. The summed E-state index contributed by atoms with van der Waals surface area (Å²) in [4.78, 5) is 4.05. The van der Waals surface area contributed by atoms with Crippen molar-refractivity contribution in [1.29, 1.82) is 0 Å². The molecule has 1 aromatic heterocycles. The van der Waals surface area contributed by atoms with Gasteiger partial charge in [0.05, 0.1) is 5.54 Å². The minimum atomic E-state index is -0.113. The first-order chi connectivity index (χ1) is 33.2. The average molecular weight is 876 g/mol. The van der Waals surface area contributed by atoms with Crippen LogP contribution in [0.15, 0.2) is 218 Å². The van der Waals surface area contributed by atoms with E-state index in [-0.39, 0.29) is 11.0 Å². The molecule has 1 aliphatic heterocycles. The van der Waals surface area contributed by atoms with Crippen molar-refractivity contribution in [1.82, 2.24) is 0 Å². The highest BCUT2D eigenvalue weighted by Crippen LogP contribution is 2.73. The second-order valence-corrected chi connectivity index (χ2v) is 20.4. The molecule has 5 aliphatic carbocycles. The second kappa shape index (κ2) is 15.1. The predicted octanol–water partition coefficient (Wildman–Crippen LogP) is 17.8. The summed E-state index contributed by atoms with van der Waals surface area (Å²) < 4.78 is 1.41. The molecule has 0 spiro atoms. The maximum Gasteiger partial charge on any atom is 0.0782 e. The Morgan fingerprint density at radius 1 is 0.537 bits per heavy atom. The van der Waals surface area contributed by atoms with Gasteiger partial charge in [0.25, 0.3) is 0 Å². The van der Waals surface area contributed by atoms with E-state index < -0.39 is 0 Å². The van der Waals surface area contributed by atoms with Crippen molar-refractivity contribution >= 4 is 66.0 Å².